The van der Waals surface area contributed by atoms with Gasteiger partial charge in [0.15, 0.2) is 6.23 Å². The molecule has 0 radical (unpaired) electrons. The van der Waals surface area contributed by atoms with E-state index in [-0.39, 0.29) is 18.2 Å². The van der Waals surface area contributed by atoms with Crippen molar-refractivity contribution in [2.75, 3.05) is 11.7 Å². The molecule has 2 heterocycles. The SMILES string of the molecule is O=c1nc(OCc2ccccc2)ccn1C1OC(COP(=O)(O)OP(=O)(O)OP(=O)(O)Nc2ccccc2)C(O)(O)C1(O)O. The Kier molecular flexibility index (Phi) is 9.97. The van der Waals surface area contributed by atoms with Crippen LogP contribution in [0.2, 0.25) is 0 Å². The van der Waals surface area contributed by atoms with Crippen LogP contribution in [0.4, 0.5) is 5.69 Å². The van der Waals surface area contributed by atoms with Gasteiger partial charge in [0.1, 0.15) is 12.7 Å². The van der Waals surface area contributed by atoms with Gasteiger partial charge in [0, 0.05) is 18.0 Å². The number of nitrogens with one attached hydrogen (secondary N) is 1. The third kappa shape index (κ3) is 8.25. The standard InChI is InChI=1S/C22H26N3O16P3/c26-20-23-18(37-13-15-7-3-1-4-8-15)11-12-25(20)19-22(29,30)21(27,28)17(39-19)14-38-43(33,34)41-44(35,36)40-42(31,32)24-16-9-5-2-6-10-16/h1-12,17,19,27-30H,13-14H2,(H,33,34)(H,35,36)(H2,24,31,32). The van der Waals surface area contributed by atoms with Gasteiger partial charge in [-0.25, -0.2) is 18.5 Å². The number of benzene rings is 2. The molecule has 44 heavy (non-hydrogen) atoms. The second-order valence-corrected chi connectivity index (χ2v) is 13.8. The fraction of sp³-hybridized carbons (Fsp3) is 0.273. The van der Waals surface area contributed by atoms with Crippen molar-refractivity contribution in [3.05, 3.63) is 89.0 Å². The molecule has 19 nitrogen and oxygen atoms in total. The molecule has 5 unspecified atom stereocenters. The van der Waals surface area contributed by atoms with Gasteiger partial charge in [0.2, 0.25) is 5.88 Å². The topological polar surface area (TPSA) is 286 Å². The number of nitrogens with zero attached hydrogens (tertiary/aromatic N) is 2. The molecule has 5 atom stereocenters. The zero-order valence-electron chi connectivity index (χ0n) is 22.0. The van der Waals surface area contributed by atoms with Gasteiger partial charge in [-0.2, -0.15) is 13.6 Å². The Morgan fingerprint density at radius 2 is 1.48 bits per heavy atom. The highest BCUT2D eigenvalue weighted by molar-refractivity contribution is 7.68. The van der Waals surface area contributed by atoms with Crippen LogP contribution in [0.25, 0.3) is 0 Å². The van der Waals surface area contributed by atoms with Crippen LogP contribution < -0.4 is 15.5 Å². The van der Waals surface area contributed by atoms with Crippen LogP contribution in [-0.2, 0) is 38.2 Å². The van der Waals surface area contributed by atoms with Crippen molar-refractivity contribution in [2.45, 2.75) is 30.5 Å². The van der Waals surface area contributed by atoms with E-state index >= 15 is 0 Å². The van der Waals surface area contributed by atoms with Crippen LogP contribution in [-0.4, -0.2) is 68.9 Å². The molecule has 4 rings (SSSR count). The summed E-state index contributed by atoms with van der Waals surface area (Å²) in [6.45, 7) is -1.41. The number of anilines is 1. The molecule has 0 spiro atoms. The minimum absolute atomic E-state index is 0.0305. The quantitative estimate of drug-likeness (QED) is 0.0902. The molecular weight excluding hydrogens is 655 g/mol. The third-order valence-corrected chi connectivity index (χ3v) is 10.1. The lowest BCUT2D eigenvalue weighted by Gasteiger charge is -2.31. The van der Waals surface area contributed by atoms with E-state index in [0.29, 0.717) is 4.57 Å². The smallest absolute Gasteiger partial charge is 0.473 e. The summed E-state index contributed by atoms with van der Waals surface area (Å²) >= 11 is 0. The van der Waals surface area contributed by atoms with Gasteiger partial charge < -0.3 is 44.6 Å². The van der Waals surface area contributed by atoms with Crippen LogP contribution in [0.3, 0.4) is 0 Å². The van der Waals surface area contributed by atoms with Gasteiger partial charge in [0.25, 0.3) is 11.6 Å². The summed E-state index contributed by atoms with van der Waals surface area (Å²) in [6.07, 6.45) is -3.68. The van der Waals surface area contributed by atoms with E-state index in [2.05, 4.69) is 18.1 Å². The maximum absolute atomic E-state index is 12.6. The van der Waals surface area contributed by atoms with Crippen molar-refractivity contribution in [3.8, 4) is 5.88 Å². The molecule has 1 saturated heterocycles. The predicted molar refractivity (Wildman–Crippen MR) is 145 cm³/mol. The molecule has 0 amide bonds. The lowest BCUT2D eigenvalue weighted by atomic mass is 10.0. The number of aliphatic hydroxyl groups is 4. The molecule has 1 aliphatic heterocycles. The highest BCUT2D eigenvalue weighted by Crippen LogP contribution is 2.67. The summed E-state index contributed by atoms with van der Waals surface area (Å²) in [7, 11) is -16.7. The van der Waals surface area contributed by atoms with E-state index in [9.17, 15) is 53.6 Å². The normalized spacial score (nSPS) is 23.2. The van der Waals surface area contributed by atoms with Crippen LogP contribution in [0.15, 0.2) is 77.7 Å². The lowest BCUT2D eigenvalue weighted by molar-refractivity contribution is -0.355. The zero-order chi connectivity index (χ0) is 32.4. The van der Waals surface area contributed by atoms with E-state index in [0.717, 1.165) is 17.8 Å². The van der Waals surface area contributed by atoms with Crippen molar-refractivity contribution < 1.29 is 71.4 Å². The Bertz CT molecular complexity index is 1660. The van der Waals surface area contributed by atoms with Crippen molar-refractivity contribution in [3.63, 3.8) is 0 Å². The lowest BCUT2D eigenvalue weighted by Crippen LogP contribution is -2.59. The fourth-order valence-electron chi connectivity index (χ4n) is 3.73. The summed E-state index contributed by atoms with van der Waals surface area (Å²) < 4.78 is 60.0. The second kappa shape index (κ2) is 12.9. The van der Waals surface area contributed by atoms with Crippen LogP contribution in [0, 0.1) is 0 Å². The van der Waals surface area contributed by atoms with Gasteiger partial charge in [-0.05, 0) is 17.7 Å². The van der Waals surface area contributed by atoms with Gasteiger partial charge in [-0.1, -0.05) is 48.5 Å². The summed E-state index contributed by atoms with van der Waals surface area (Å²) in [4.78, 5) is 45.6. The number of rotatable bonds is 13. The number of phosphoric acid groups is 2. The third-order valence-electron chi connectivity index (χ3n) is 5.77. The van der Waals surface area contributed by atoms with Crippen molar-refractivity contribution in [2.24, 2.45) is 0 Å². The molecule has 1 aliphatic rings. The Labute approximate surface area is 247 Å². The Hall–Kier alpha value is -2.83. The molecule has 2 aromatic carbocycles. The van der Waals surface area contributed by atoms with Crippen molar-refractivity contribution in [1.82, 2.24) is 9.55 Å². The molecule has 3 aromatic rings. The largest absolute Gasteiger partial charge is 0.489 e. The molecule has 1 fully saturated rings. The number of hydrogen-bond donors (Lipinski definition) is 8. The number of ether oxygens (including phenoxy) is 2. The minimum atomic E-state index is -5.83. The molecule has 0 aliphatic carbocycles. The van der Waals surface area contributed by atoms with E-state index in [1.54, 1.807) is 36.4 Å². The Morgan fingerprint density at radius 1 is 0.864 bits per heavy atom. The van der Waals surface area contributed by atoms with E-state index in [1.165, 1.54) is 24.3 Å². The maximum atomic E-state index is 12.6. The fourth-order valence-corrected chi connectivity index (χ4v) is 7.43. The van der Waals surface area contributed by atoms with E-state index in [1.807, 2.05) is 5.09 Å². The number of para-hydroxylation sites is 1. The molecule has 8 N–H and O–H groups in total. The summed E-state index contributed by atoms with van der Waals surface area (Å²) in [5.41, 5.74) is -0.478. The van der Waals surface area contributed by atoms with E-state index < -0.39 is 59.6 Å². The highest BCUT2D eigenvalue weighted by atomic mass is 31.3. The first-order valence-corrected chi connectivity index (χ1v) is 16.7. The number of aromatic nitrogens is 2. The van der Waals surface area contributed by atoms with Crippen molar-refractivity contribution >= 4 is 29.1 Å². The molecule has 22 heteroatoms. The molecule has 0 saturated carbocycles. The monoisotopic (exact) mass is 681 g/mol. The minimum Gasteiger partial charge on any atom is -0.473 e. The average molecular weight is 681 g/mol. The average Bonchev–Trinajstić information content (AvgIpc) is 3.09. The molecular formula is C22H26N3O16P3. The summed E-state index contributed by atoms with van der Waals surface area (Å²) in [5.74, 6) is -7.53. The van der Waals surface area contributed by atoms with E-state index in [4.69, 9.17) is 9.47 Å². The zero-order valence-corrected chi connectivity index (χ0v) is 24.7. The maximum Gasteiger partial charge on any atom is 0.489 e. The summed E-state index contributed by atoms with van der Waals surface area (Å²) in [5, 5.41) is 43.5. The molecule has 240 valence electrons. The van der Waals surface area contributed by atoms with Crippen molar-refractivity contribution in [1.29, 1.82) is 0 Å². The van der Waals surface area contributed by atoms with Crippen LogP contribution in [0.5, 0.6) is 5.88 Å². The van der Waals surface area contributed by atoms with Gasteiger partial charge in [-0.15, -0.1) is 0 Å². The van der Waals surface area contributed by atoms with Gasteiger partial charge in [0.05, 0.1) is 6.61 Å². The molecule has 0 bridgehead atoms. The first-order valence-electron chi connectivity index (χ1n) is 12.1. The number of phosphoric ester groups is 1. The Morgan fingerprint density at radius 3 is 2.09 bits per heavy atom. The van der Waals surface area contributed by atoms with Gasteiger partial charge in [-0.3, -0.25) is 14.2 Å². The number of hydrogen-bond acceptors (Lipinski definition) is 14. The predicted octanol–water partition coefficient (Wildman–Crippen LogP) is 0.545. The Balaban J connectivity index is 1.40. The molecule has 1 aromatic heterocycles. The highest BCUT2D eigenvalue weighted by Gasteiger charge is 2.67. The van der Waals surface area contributed by atoms with Crippen LogP contribution in [0.1, 0.15) is 11.8 Å². The first-order chi connectivity index (χ1) is 20.4. The summed E-state index contributed by atoms with van der Waals surface area (Å²) in [6, 6.07) is 17.0. The first kappa shape index (κ1) is 34.1. The van der Waals surface area contributed by atoms with Gasteiger partial charge >= 0.3 is 29.1 Å². The second-order valence-electron chi connectivity index (χ2n) is 9.05. The van der Waals surface area contributed by atoms with Crippen LogP contribution >= 0.6 is 23.4 Å².